The molecule has 0 fully saturated rings. The molecule has 0 saturated heterocycles. The Kier molecular flexibility index (Phi) is 4.62. The third-order valence-corrected chi connectivity index (χ3v) is 2.52. The second-order valence-electron chi connectivity index (χ2n) is 4.16. The first-order chi connectivity index (χ1) is 7.54. The van der Waals surface area contributed by atoms with Gasteiger partial charge in [0.2, 0.25) is 0 Å². The molecule has 1 aromatic carbocycles. The Labute approximate surface area is 97.4 Å². The minimum atomic E-state index is 0.266. The van der Waals surface area contributed by atoms with Crippen molar-refractivity contribution < 1.29 is 9.84 Å². The molecule has 0 aliphatic carbocycles. The summed E-state index contributed by atoms with van der Waals surface area (Å²) in [5.41, 5.74) is 2.99. The van der Waals surface area contributed by atoms with Crippen LogP contribution in [0, 0.1) is 13.8 Å². The van der Waals surface area contributed by atoms with Gasteiger partial charge in [0.05, 0.1) is 6.61 Å². The van der Waals surface area contributed by atoms with Crippen molar-refractivity contribution in [2.24, 2.45) is 0 Å². The average molecular weight is 223 g/mol. The SMILES string of the molecule is CCOCC(C)Nc1cc(C)c(O)cc1C. The maximum Gasteiger partial charge on any atom is 0.118 e. The van der Waals surface area contributed by atoms with E-state index in [4.69, 9.17) is 4.74 Å². The van der Waals surface area contributed by atoms with Crippen molar-refractivity contribution in [2.75, 3.05) is 18.5 Å². The molecule has 90 valence electrons. The number of nitrogens with one attached hydrogen (secondary N) is 1. The fourth-order valence-electron chi connectivity index (χ4n) is 1.56. The zero-order valence-corrected chi connectivity index (χ0v) is 10.5. The van der Waals surface area contributed by atoms with E-state index in [1.54, 1.807) is 6.07 Å². The van der Waals surface area contributed by atoms with Gasteiger partial charge in [-0.15, -0.1) is 0 Å². The van der Waals surface area contributed by atoms with E-state index in [1.807, 2.05) is 26.8 Å². The Hall–Kier alpha value is -1.22. The first-order valence-corrected chi connectivity index (χ1v) is 5.69. The summed E-state index contributed by atoms with van der Waals surface area (Å²) in [7, 11) is 0. The van der Waals surface area contributed by atoms with Gasteiger partial charge in [0.25, 0.3) is 0 Å². The third kappa shape index (κ3) is 3.42. The van der Waals surface area contributed by atoms with Gasteiger partial charge in [-0.25, -0.2) is 0 Å². The minimum absolute atomic E-state index is 0.266. The highest BCUT2D eigenvalue weighted by Gasteiger charge is 2.06. The third-order valence-electron chi connectivity index (χ3n) is 2.52. The Morgan fingerprint density at radius 1 is 1.31 bits per heavy atom. The van der Waals surface area contributed by atoms with E-state index >= 15 is 0 Å². The van der Waals surface area contributed by atoms with Crippen LogP contribution in [0.15, 0.2) is 12.1 Å². The number of hydrogen-bond acceptors (Lipinski definition) is 3. The Morgan fingerprint density at radius 3 is 2.62 bits per heavy atom. The summed E-state index contributed by atoms with van der Waals surface area (Å²) in [6.45, 7) is 9.37. The average Bonchev–Trinajstić information content (AvgIpc) is 2.23. The molecule has 1 unspecified atom stereocenters. The molecule has 16 heavy (non-hydrogen) atoms. The molecule has 1 rings (SSSR count). The van der Waals surface area contributed by atoms with Crippen LogP contribution in [-0.4, -0.2) is 24.4 Å². The van der Waals surface area contributed by atoms with Crippen molar-refractivity contribution in [2.45, 2.75) is 33.7 Å². The Balaban J connectivity index is 2.69. The maximum absolute atomic E-state index is 9.55. The molecule has 0 aromatic heterocycles. The van der Waals surface area contributed by atoms with E-state index in [0.717, 1.165) is 23.4 Å². The number of aromatic hydroxyl groups is 1. The van der Waals surface area contributed by atoms with Crippen LogP contribution >= 0.6 is 0 Å². The molecule has 0 aliphatic heterocycles. The van der Waals surface area contributed by atoms with Crippen LogP contribution in [0.3, 0.4) is 0 Å². The summed E-state index contributed by atoms with van der Waals surface area (Å²) in [4.78, 5) is 0. The van der Waals surface area contributed by atoms with Crippen LogP contribution < -0.4 is 5.32 Å². The van der Waals surface area contributed by atoms with Gasteiger partial charge >= 0.3 is 0 Å². The fourth-order valence-corrected chi connectivity index (χ4v) is 1.56. The maximum atomic E-state index is 9.55. The highest BCUT2D eigenvalue weighted by molar-refractivity contribution is 5.57. The molecule has 0 spiro atoms. The van der Waals surface area contributed by atoms with E-state index in [2.05, 4.69) is 12.2 Å². The zero-order chi connectivity index (χ0) is 12.1. The molecule has 0 aliphatic rings. The van der Waals surface area contributed by atoms with E-state index in [0.29, 0.717) is 12.4 Å². The predicted octanol–water partition coefficient (Wildman–Crippen LogP) is 2.85. The summed E-state index contributed by atoms with van der Waals surface area (Å²) in [6, 6.07) is 4.01. The number of rotatable bonds is 5. The molecular weight excluding hydrogens is 202 g/mol. The van der Waals surface area contributed by atoms with Gasteiger partial charge < -0.3 is 15.2 Å². The molecule has 3 heteroatoms. The van der Waals surface area contributed by atoms with E-state index in [9.17, 15) is 5.11 Å². The van der Waals surface area contributed by atoms with Gasteiger partial charge in [0, 0.05) is 18.3 Å². The summed E-state index contributed by atoms with van der Waals surface area (Å²) >= 11 is 0. The van der Waals surface area contributed by atoms with Crippen LogP contribution in [0.1, 0.15) is 25.0 Å². The van der Waals surface area contributed by atoms with Crippen molar-refractivity contribution >= 4 is 5.69 Å². The van der Waals surface area contributed by atoms with Crippen LogP contribution in [0.2, 0.25) is 0 Å². The lowest BCUT2D eigenvalue weighted by molar-refractivity contribution is 0.141. The zero-order valence-electron chi connectivity index (χ0n) is 10.5. The monoisotopic (exact) mass is 223 g/mol. The molecule has 3 nitrogen and oxygen atoms in total. The fraction of sp³-hybridized carbons (Fsp3) is 0.538. The highest BCUT2D eigenvalue weighted by Crippen LogP contribution is 2.25. The highest BCUT2D eigenvalue weighted by atomic mass is 16.5. The summed E-state index contributed by atoms with van der Waals surface area (Å²) in [5, 5.41) is 12.9. The molecule has 0 radical (unpaired) electrons. The number of phenolic OH excluding ortho intramolecular Hbond substituents is 1. The predicted molar refractivity (Wildman–Crippen MR) is 67.2 cm³/mol. The van der Waals surface area contributed by atoms with Crippen LogP contribution in [-0.2, 0) is 4.74 Å². The second kappa shape index (κ2) is 5.75. The quantitative estimate of drug-likeness (QED) is 0.754. The number of aryl methyl sites for hydroxylation is 2. The van der Waals surface area contributed by atoms with Crippen LogP contribution in [0.5, 0.6) is 5.75 Å². The molecule has 0 heterocycles. The van der Waals surface area contributed by atoms with Crippen molar-refractivity contribution in [1.29, 1.82) is 0 Å². The summed E-state index contributed by atoms with van der Waals surface area (Å²) in [6.07, 6.45) is 0. The molecule has 1 atom stereocenters. The second-order valence-corrected chi connectivity index (χ2v) is 4.16. The molecule has 2 N–H and O–H groups in total. The standard InChI is InChI=1S/C13H21NO2/c1-5-16-8-11(4)14-12-6-10(3)13(15)7-9(12)2/h6-7,11,14-15H,5,8H2,1-4H3. The lowest BCUT2D eigenvalue weighted by Crippen LogP contribution is -2.22. The van der Waals surface area contributed by atoms with Crippen molar-refractivity contribution in [3.8, 4) is 5.75 Å². The summed E-state index contributed by atoms with van der Waals surface area (Å²) < 4.78 is 5.35. The number of benzene rings is 1. The largest absolute Gasteiger partial charge is 0.508 e. The van der Waals surface area contributed by atoms with Gasteiger partial charge in [0.15, 0.2) is 0 Å². The Morgan fingerprint density at radius 2 is 2.00 bits per heavy atom. The van der Waals surface area contributed by atoms with E-state index in [1.165, 1.54) is 0 Å². The van der Waals surface area contributed by atoms with Gasteiger partial charge in [-0.05, 0) is 51.0 Å². The van der Waals surface area contributed by atoms with Gasteiger partial charge in [0.1, 0.15) is 5.75 Å². The van der Waals surface area contributed by atoms with Crippen molar-refractivity contribution in [1.82, 2.24) is 0 Å². The summed E-state index contributed by atoms with van der Waals surface area (Å²) in [5.74, 6) is 0.348. The van der Waals surface area contributed by atoms with E-state index in [-0.39, 0.29) is 6.04 Å². The molecule has 0 amide bonds. The molecule has 0 saturated carbocycles. The smallest absolute Gasteiger partial charge is 0.118 e. The molecule has 0 bridgehead atoms. The Bertz CT molecular complexity index is 350. The first kappa shape index (κ1) is 12.8. The van der Waals surface area contributed by atoms with Crippen molar-refractivity contribution in [3.05, 3.63) is 23.3 Å². The normalized spacial score (nSPS) is 12.5. The number of hydrogen-bond donors (Lipinski definition) is 2. The van der Waals surface area contributed by atoms with Gasteiger partial charge in [-0.2, -0.15) is 0 Å². The van der Waals surface area contributed by atoms with Crippen molar-refractivity contribution in [3.63, 3.8) is 0 Å². The molecular formula is C13H21NO2. The van der Waals surface area contributed by atoms with E-state index < -0.39 is 0 Å². The number of phenols is 1. The first-order valence-electron chi connectivity index (χ1n) is 5.69. The number of anilines is 1. The topological polar surface area (TPSA) is 41.5 Å². The molecule has 1 aromatic rings. The van der Waals surface area contributed by atoms with Gasteiger partial charge in [-0.1, -0.05) is 0 Å². The minimum Gasteiger partial charge on any atom is -0.508 e. The van der Waals surface area contributed by atoms with Gasteiger partial charge in [-0.3, -0.25) is 0 Å². The van der Waals surface area contributed by atoms with Crippen LogP contribution in [0.25, 0.3) is 0 Å². The van der Waals surface area contributed by atoms with Crippen LogP contribution in [0.4, 0.5) is 5.69 Å². The lowest BCUT2D eigenvalue weighted by Gasteiger charge is -2.17. The number of ether oxygens (including phenoxy) is 1. The lowest BCUT2D eigenvalue weighted by atomic mass is 10.1.